The summed E-state index contributed by atoms with van der Waals surface area (Å²) >= 11 is 0. The van der Waals surface area contributed by atoms with Crippen molar-refractivity contribution in [1.82, 2.24) is 29.5 Å². The number of aryl methyl sites for hydroxylation is 1. The number of ether oxygens (including phenoxy) is 4. The molecule has 0 saturated carbocycles. The second kappa shape index (κ2) is 11.9. The van der Waals surface area contributed by atoms with Gasteiger partial charge in [0.05, 0.1) is 43.9 Å². The summed E-state index contributed by atoms with van der Waals surface area (Å²) in [6.07, 6.45) is 5.90. The summed E-state index contributed by atoms with van der Waals surface area (Å²) in [7, 11) is 1.89. The average Bonchev–Trinajstić information content (AvgIpc) is 3.65. The molecule has 1 fully saturated rings. The van der Waals surface area contributed by atoms with Gasteiger partial charge in [0.1, 0.15) is 18.0 Å². The van der Waals surface area contributed by atoms with E-state index in [2.05, 4.69) is 15.0 Å². The van der Waals surface area contributed by atoms with E-state index in [0.29, 0.717) is 62.3 Å². The van der Waals surface area contributed by atoms with Gasteiger partial charge in [-0.2, -0.15) is 20.2 Å². The molecule has 1 amide bonds. The van der Waals surface area contributed by atoms with E-state index in [1.54, 1.807) is 14.3 Å². The quantitative estimate of drug-likeness (QED) is 0.316. The summed E-state index contributed by atoms with van der Waals surface area (Å²) in [6, 6.07) is 9.73. The minimum Gasteiger partial charge on any atom is -0.489 e. The molecule has 226 valence electrons. The smallest absolute Gasteiger partial charge is 0.415 e. The highest BCUT2D eigenvalue weighted by Gasteiger charge is 2.30. The van der Waals surface area contributed by atoms with Gasteiger partial charge in [-0.3, -0.25) is 9.58 Å². The Kier molecular flexibility index (Phi) is 7.89. The number of hydrogen-bond acceptors (Lipinski definition) is 10. The van der Waals surface area contributed by atoms with Crippen molar-refractivity contribution in [2.75, 3.05) is 55.9 Å². The highest BCUT2D eigenvalue weighted by Crippen LogP contribution is 2.40. The molecular weight excluding hydrogens is 552 g/mol. The summed E-state index contributed by atoms with van der Waals surface area (Å²) in [6.45, 7) is 9.40. The first-order valence-electron chi connectivity index (χ1n) is 14.4. The Hall–Kier alpha value is -4.65. The summed E-state index contributed by atoms with van der Waals surface area (Å²) in [5.41, 5.74) is 2.55. The number of hydrogen-bond donors (Lipinski definition) is 0. The zero-order chi connectivity index (χ0) is 30.0. The molecule has 5 heterocycles. The summed E-state index contributed by atoms with van der Waals surface area (Å²) < 4.78 is 26.7. The van der Waals surface area contributed by atoms with E-state index >= 15 is 0 Å². The fourth-order valence-corrected chi connectivity index (χ4v) is 4.95. The number of morpholine rings is 1. The van der Waals surface area contributed by atoms with Crippen LogP contribution in [0.4, 0.5) is 16.3 Å². The Labute approximate surface area is 249 Å². The topological polar surface area (TPSA) is 122 Å². The van der Waals surface area contributed by atoms with Crippen LogP contribution in [0.5, 0.6) is 11.8 Å². The van der Waals surface area contributed by atoms with Gasteiger partial charge in [0.2, 0.25) is 0 Å². The molecule has 43 heavy (non-hydrogen) atoms. The van der Waals surface area contributed by atoms with Crippen molar-refractivity contribution in [3.63, 3.8) is 0 Å². The highest BCUT2D eigenvalue weighted by molar-refractivity contribution is 5.93. The number of para-hydroxylation sites is 1. The molecule has 1 aromatic carbocycles. The van der Waals surface area contributed by atoms with Crippen molar-refractivity contribution in [3.8, 4) is 28.8 Å². The molecule has 1 saturated heterocycles. The van der Waals surface area contributed by atoms with Crippen LogP contribution in [-0.4, -0.2) is 87.3 Å². The first-order valence-corrected chi connectivity index (χ1v) is 14.4. The first-order chi connectivity index (χ1) is 20.7. The van der Waals surface area contributed by atoms with Gasteiger partial charge in [0, 0.05) is 50.6 Å². The maximum Gasteiger partial charge on any atom is 0.415 e. The molecule has 2 aliphatic rings. The molecule has 2 aliphatic heterocycles. The molecule has 4 aromatic rings. The Bertz CT molecular complexity index is 1590. The first kappa shape index (κ1) is 28.5. The van der Waals surface area contributed by atoms with Crippen LogP contribution >= 0.6 is 0 Å². The maximum absolute atomic E-state index is 13.0. The number of benzene rings is 1. The van der Waals surface area contributed by atoms with Crippen LogP contribution in [0.1, 0.15) is 26.3 Å². The molecule has 0 atom stereocenters. The summed E-state index contributed by atoms with van der Waals surface area (Å²) in [4.78, 5) is 26.1. The van der Waals surface area contributed by atoms with Crippen LogP contribution in [0.3, 0.4) is 0 Å². The minimum absolute atomic E-state index is 0.272. The molecule has 0 bridgehead atoms. The Balaban J connectivity index is 1.28. The fourth-order valence-electron chi connectivity index (χ4n) is 4.95. The third-order valence-corrected chi connectivity index (χ3v) is 6.95. The monoisotopic (exact) mass is 588 g/mol. The molecule has 0 aliphatic carbocycles. The maximum atomic E-state index is 13.0. The van der Waals surface area contributed by atoms with E-state index in [1.807, 2.05) is 76.7 Å². The fraction of sp³-hybridized carbons (Fsp3) is 0.433. The number of rotatable bonds is 7. The van der Waals surface area contributed by atoms with Gasteiger partial charge < -0.3 is 23.8 Å². The molecule has 0 spiro atoms. The van der Waals surface area contributed by atoms with E-state index in [4.69, 9.17) is 29.0 Å². The SMILES string of the molecule is Cn1cc(CCOc2nc(N3CCOCC3)cc(-n3ccc(-c4cccc5c4OCCN5C(=O)OC(C)(C)C)n3)n2)cn1. The van der Waals surface area contributed by atoms with Crippen molar-refractivity contribution in [1.29, 1.82) is 0 Å². The molecule has 13 heteroatoms. The van der Waals surface area contributed by atoms with Crippen molar-refractivity contribution in [2.24, 2.45) is 7.05 Å². The molecule has 0 N–H and O–H groups in total. The van der Waals surface area contributed by atoms with Crippen LogP contribution < -0.4 is 19.3 Å². The van der Waals surface area contributed by atoms with E-state index in [1.165, 1.54) is 0 Å². The highest BCUT2D eigenvalue weighted by atomic mass is 16.6. The van der Waals surface area contributed by atoms with Crippen molar-refractivity contribution in [3.05, 3.63) is 54.5 Å². The normalized spacial score (nSPS) is 15.2. The number of carbonyl (C=O) groups excluding carboxylic acids is 1. The van der Waals surface area contributed by atoms with Gasteiger partial charge in [-0.05, 0) is 44.5 Å². The molecular formula is C30H36N8O5. The van der Waals surface area contributed by atoms with E-state index < -0.39 is 11.7 Å². The van der Waals surface area contributed by atoms with Crippen LogP contribution in [0.15, 0.2) is 48.9 Å². The lowest BCUT2D eigenvalue weighted by Crippen LogP contribution is -2.41. The number of fused-ring (bicyclic) bond motifs is 1. The molecule has 0 radical (unpaired) electrons. The summed E-state index contributed by atoms with van der Waals surface area (Å²) in [5.74, 6) is 1.90. The Morgan fingerprint density at radius 2 is 1.86 bits per heavy atom. The van der Waals surface area contributed by atoms with Gasteiger partial charge >= 0.3 is 12.1 Å². The second-order valence-corrected chi connectivity index (χ2v) is 11.4. The Morgan fingerprint density at radius 3 is 2.63 bits per heavy atom. The lowest BCUT2D eigenvalue weighted by molar-refractivity contribution is 0.0568. The van der Waals surface area contributed by atoms with E-state index in [9.17, 15) is 4.79 Å². The molecule has 3 aromatic heterocycles. The molecule has 13 nitrogen and oxygen atoms in total. The third kappa shape index (κ3) is 6.56. The van der Waals surface area contributed by atoms with Crippen LogP contribution in [0.2, 0.25) is 0 Å². The van der Waals surface area contributed by atoms with Gasteiger partial charge in [0.25, 0.3) is 0 Å². The number of carbonyl (C=O) groups is 1. The van der Waals surface area contributed by atoms with Gasteiger partial charge in [-0.15, -0.1) is 0 Å². The largest absolute Gasteiger partial charge is 0.489 e. The van der Waals surface area contributed by atoms with Gasteiger partial charge in [-0.1, -0.05) is 6.07 Å². The van der Waals surface area contributed by atoms with E-state index in [0.717, 1.165) is 30.0 Å². The number of nitrogens with zero attached hydrogens (tertiary/aromatic N) is 8. The zero-order valence-corrected chi connectivity index (χ0v) is 24.9. The second-order valence-electron chi connectivity index (χ2n) is 11.4. The number of amides is 1. The predicted octanol–water partition coefficient (Wildman–Crippen LogP) is 3.65. The van der Waals surface area contributed by atoms with Gasteiger partial charge in [0.15, 0.2) is 11.6 Å². The average molecular weight is 589 g/mol. The van der Waals surface area contributed by atoms with Crippen molar-refractivity contribution < 1.29 is 23.7 Å². The van der Waals surface area contributed by atoms with Crippen LogP contribution in [-0.2, 0) is 22.9 Å². The zero-order valence-electron chi connectivity index (χ0n) is 24.9. The van der Waals surface area contributed by atoms with Crippen molar-refractivity contribution in [2.45, 2.75) is 32.8 Å². The number of aromatic nitrogens is 6. The van der Waals surface area contributed by atoms with E-state index in [-0.39, 0.29) is 6.01 Å². The number of anilines is 2. The molecule has 0 unspecified atom stereocenters. The third-order valence-electron chi connectivity index (χ3n) is 6.95. The lowest BCUT2D eigenvalue weighted by Gasteiger charge is -2.32. The van der Waals surface area contributed by atoms with Crippen LogP contribution in [0, 0.1) is 0 Å². The Morgan fingerprint density at radius 1 is 1.05 bits per heavy atom. The van der Waals surface area contributed by atoms with Gasteiger partial charge in [-0.25, -0.2) is 9.48 Å². The van der Waals surface area contributed by atoms with Crippen LogP contribution in [0.25, 0.3) is 17.1 Å². The lowest BCUT2D eigenvalue weighted by atomic mass is 10.1. The summed E-state index contributed by atoms with van der Waals surface area (Å²) in [5, 5.41) is 9.07. The minimum atomic E-state index is -0.606. The van der Waals surface area contributed by atoms with Crippen molar-refractivity contribution >= 4 is 17.6 Å². The molecule has 6 rings (SSSR count). The predicted molar refractivity (Wildman–Crippen MR) is 159 cm³/mol. The standard InChI is InChI=1S/C30H36N8O5/c1-30(2,3)43-29(39)37-13-17-41-27-22(6-5-7-24(27)37)23-8-10-38(34-23)26-18-25(36-11-15-40-16-12-36)32-28(33-26)42-14-9-21-19-31-35(4)20-21/h5-8,10,18-20H,9,11-17H2,1-4H3.